The summed E-state index contributed by atoms with van der Waals surface area (Å²) in [6.45, 7) is 3.09. The summed E-state index contributed by atoms with van der Waals surface area (Å²) in [6.07, 6.45) is 8.80. The molecule has 2 heterocycles. The Morgan fingerprint density at radius 3 is 3.33 bits per heavy atom. The lowest BCUT2D eigenvalue weighted by Gasteiger charge is -2.36. The Hall–Kier alpha value is -0.900. The molecule has 0 bridgehead atoms. The molecule has 1 saturated heterocycles. The van der Waals surface area contributed by atoms with Crippen molar-refractivity contribution in [3.63, 3.8) is 0 Å². The zero-order chi connectivity index (χ0) is 12.4. The minimum Gasteiger partial charge on any atom is -0.472 e. The molecular weight excluding hydrogens is 244 g/mol. The van der Waals surface area contributed by atoms with Crippen molar-refractivity contribution in [1.29, 1.82) is 0 Å². The van der Waals surface area contributed by atoms with E-state index in [9.17, 15) is 0 Å². The summed E-state index contributed by atoms with van der Waals surface area (Å²) in [7, 11) is 0. The molecule has 2 aliphatic rings. The number of hydrogen-bond acceptors (Lipinski definition) is 3. The SMILES string of the molecule is CC1CCCC2(CSC(=NCc3ccoc3)N2)C1. The summed E-state index contributed by atoms with van der Waals surface area (Å²) in [5, 5.41) is 4.80. The van der Waals surface area contributed by atoms with Crippen LogP contribution in [0.4, 0.5) is 0 Å². The van der Waals surface area contributed by atoms with Crippen LogP contribution in [-0.4, -0.2) is 16.5 Å². The van der Waals surface area contributed by atoms with Crippen LogP contribution in [-0.2, 0) is 6.54 Å². The fourth-order valence-corrected chi connectivity index (χ4v) is 4.23. The van der Waals surface area contributed by atoms with Gasteiger partial charge in [-0.15, -0.1) is 0 Å². The van der Waals surface area contributed by atoms with E-state index in [0.717, 1.165) is 23.2 Å². The number of amidine groups is 1. The van der Waals surface area contributed by atoms with Gasteiger partial charge in [-0.25, -0.2) is 0 Å². The number of nitrogens with zero attached hydrogens (tertiary/aromatic N) is 1. The lowest BCUT2D eigenvalue weighted by atomic mass is 9.78. The average Bonchev–Trinajstić information content (AvgIpc) is 2.97. The molecule has 1 aliphatic carbocycles. The van der Waals surface area contributed by atoms with Crippen molar-refractivity contribution in [1.82, 2.24) is 5.32 Å². The van der Waals surface area contributed by atoms with Gasteiger partial charge in [0.2, 0.25) is 0 Å². The molecule has 1 aliphatic heterocycles. The van der Waals surface area contributed by atoms with Gasteiger partial charge in [0.15, 0.2) is 5.17 Å². The molecule has 1 saturated carbocycles. The van der Waals surface area contributed by atoms with Crippen LogP contribution in [0.25, 0.3) is 0 Å². The van der Waals surface area contributed by atoms with E-state index in [2.05, 4.69) is 17.2 Å². The number of aliphatic imine (C=N–C) groups is 1. The van der Waals surface area contributed by atoms with Crippen molar-refractivity contribution in [2.24, 2.45) is 10.9 Å². The van der Waals surface area contributed by atoms with E-state index in [0.29, 0.717) is 5.54 Å². The third-order valence-corrected chi connectivity index (χ3v) is 5.14. The maximum atomic E-state index is 5.06. The van der Waals surface area contributed by atoms with E-state index in [1.54, 1.807) is 12.5 Å². The summed E-state index contributed by atoms with van der Waals surface area (Å²) in [5.41, 5.74) is 1.47. The highest BCUT2D eigenvalue weighted by molar-refractivity contribution is 8.14. The fourth-order valence-electron chi connectivity index (χ4n) is 3.04. The van der Waals surface area contributed by atoms with Crippen LogP contribution in [0.2, 0.25) is 0 Å². The Balaban J connectivity index is 1.62. The first-order valence-electron chi connectivity index (χ1n) is 6.72. The number of hydrogen-bond donors (Lipinski definition) is 1. The van der Waals surface area contributed by atoms with E-state index < -0.39 is 0 Å². The molecule has 1 aromatic rings. The monoisotopic (exact) mass is 264 g/mol. The Labute approximate surface area is 112 Å². The first kappa shape index (κ1) is 12.2. The highest BCUT2D eigenvalue weighted by Crippen LogP contribution is 2.38. The van der Waals surface area contributed by atoms with Gasteiger partial charge in [-0.1, -0.05) is 31.5 Å². The molecule has 1 spiro atoms. The molecular formula is C14H20N2OS. The first-order valence-corrected chi connectivity index (χ1v) is 7.71. The van der Waals surface area contributed by atoms with Crippen LogP contribution >= 0.6 is 11.8 Å². The van der Waals surface area contributed by atoms with Gasteiger partial charge in [0, 0.05) is 16.9 Å². The highest BCUT2D eigenvalue weighted by atomic mass is 32.2. The summed E-state index contributed by atoms with van der Waals surface area (Å²) >= 11 is 1.88. The van der Waals surface area contributed by atoms with Gasteiger partial charge in [0.1, 0.15) is 0 Å². The lowest BCUT2D eigenvalue weighted by Crippen LogP contribution is -2.47. The summed E-state index contributed by atoms with van der Waals surface area (Å²) < 4.78 is 5.06. The Bertz CT molecular complexity index is 429. The van der Waals surface area contributed by atoms with E-state index in [1.807, 2.05) is 17.8 Å². The van der Waals surface area contributed by atoms with Gasteiger partial charge in [-0.05, 0) is 24.8 Å². The van der Waals surface area contributed by atoms with Crippen molar-refractivity contribution in [2.75, 3.05) is 5.75 Å². The average molecular weight is 264 g/mol. The zero-order valence-electron chi connectivity index (χ0n) is 10.8. The summed E-state index contributed by atoms with van der Waals surface area (Å²) in [4.78, 5) is 4.65. The van der Waals surface area contributed by atoms with Crippen LogP contribution < -0.4 is 5.32 Å². The predicted molar refractivity (Wildman–Crippen MR) is 75.8 cm³/mol. The van der Waals surface area contributed by atoms with Crippen molar-refractivity contribution in [2.45, 2.75) is 44.7 Å². The van der Waals surface area contributed by atoms with Gasteiger partial charge in [-0.2, -0.15) is 0 Å². The van der Waals surface area contributed by atoms with E-state index in [1.165, 1.54) is 31.4 Å². The quantitative estimate of drug-likeness (QED) is 0.889. The molecule has 2 unspecified atom stereocenters. The minimum atomic E-state index is 0.331. The third-order valence-electron chi connectivity index (χ3n) is 3.93. The molecule has 0 radical (unpaired) electrons. The van der Waals surface area contributed by atoms with Gasteiger partial charge in [0.25, 0.3) is 0 Å². The molecule has 0 aromatic carbocycles. The molecule has 3 rings (SSSR count). The molecule has 18 heavy (non-hydrogen) atoms. The number of furan rings is 1. The largest absolute Gasteiger partial charge is 0.472 e. The van der Waals surface area contributed by atoms with Crippen molar-refractivity contribution in [3.05, 3.63) is 24.2 Å². The predicted octanol–water partition coefficient (Wildman–Crippen LogP) is 3.42. The van der Waals surface area contributed by atoms with Gasteiger partial charge >= 0.3 is 0 Å². The smallest absolute Gasteiger partial charge is 0.157 e. The van der Waals surface area contributed by atoms with Crippen molar-refractivity contribution < 1.29 is 4.42 Å². The first-order chi connectivity index (χ1) is 8.76. The topological polar surface area (TPSA) is 37.5 Å². The van der Waals surface area contributed by atoms with E-state index in [4.69, 9.17) is 4.42 Å². The lowest BCUT2D eigenvalue weighted by molar-refractivity contribution is 0.242. The zero-order valence-corrected chi connectivity index (χ0v) is 11.6. The van der Waals surface area contributed by atoms with Crippen LogP contribution in [0, 0.1) is 5.92 Å². The maximum absolute atomic E-state index is 5.06. The van der Waals surface area contributed by atoms with Crippen LogP contribution in [0.3, 0.4) is 0 Å². The second kappa shape index (κ2) is 5.00. The van der Waals surface area contributed by atoms with Crippen LogP contribution in [0.5, 0.6) is 0 Å². The van der Waals surface area contributed by atoms with Gasteiger partial charge < -0.3 is 9.73 Å². The molecule has 98 valence electrons. The standard InChI is InChI=1S/C14H20N2OS/c1-11-3-2-5-14(7-11)10-18-13(16-14)15-8-12-4-6-17-9-12/h4,6,9,11H,2-3,5,7-8,10H2,1H3,(H,15,16). The van der Waals surface area contributed by atoms with E-state index >= 15 is 0 Å². The minimum absolute atomic E-state index is 0.331. The number of nitrogens with one attached hydrogen (secondary N) is 1. The molecule has 2 fully saturated rings. The van der Waals surface area contributed by atoms with Crippen molar-refractivity contribution >= 4 is 16.9 Å². The second-order valence-electron chi connectivity index (χ2n) is 5.65. The van der Waals surface area contributed by atoms with Crippen LogP contribution in [0.1, 0.15) is 38.2 Å². The number of rotatable bonds is 2. The summed E-state index contributed by atoms with van der Waals surface area (Å²) in [5.74, 6) is 2.03. The summed E-state index contributed by atoms with van der Waals surface area (Å²) in [6, 6.07) is 1.97. The molecule has 1 aromatic heterocycles. The highest BCUT2D eigenvalue weighted by Gasteiger charge is 2.40. The van der Waals surface area contributed by atoms with Crippen LogP contribution in [0.15, 0.2) is 28.0 Å². The Kier molecular flexibility index (Phi) is 3.37. The number of thioether (sulfide) groups is 1. The van der Waals surface area contributed by atoms with Gasteiger partial charge in [-0.3, -0.25) is 4.99 Å². The molecule has 4 heteroatoms. The van der Waals surface area contributed by atoms with E-state index in [-0.39, 0.29) is 0 Å². The fraction of sp³-hybridized carbons (Fsp3) is 0.643. The van der Waals surface area contributed by atoms with Gasteiger partial charge in [0.05, 0.1) is 19.1 Å². The maximum Gasteiger partial charge on any atom is 0.157 e. The normalized spacial score (nSPS) is 34.1. The molecule has 0 amide bonds. The molecule has 3 nitrogen and oxygen atoms in total. The van der Waals surface area contributed by atoms with Crippen molar-refractivity contribution in [3.8, 4) is 0 Å². The molecule has 1 N–H and O–H groups in total. The molecule has 2 atom stereocenters. The third kappa shape index (κ3) is 2.58. The Morgan fingerprint density at radius 1 is 1.61 bits per heavy atom. The second-order valence-corrected chi connectivity index (χ2v) is 6.61. The Morgan fingerprint density at radius 2 is 2.56 bits per heavy atom.